The first kappa shape index (κ1) is 18.9. The van der Waals surface area contributed by atoms with Crippen LogP contribution in [-0.4, -0.2) is 35.3 Å². The summed E-state index contributed by atoms with van der Waals surface area (Å²) in [5.74, 6) is 0.907. The van der Waals surface area contributed by atoms with Crippen LogP contribution < -0.4 is 20.3 Å². The largest absolute Gasteiger partial charge is 0.497 e. The predicted octanol–water partition coefficient (Wildman–Crippen LogP) is 2.47. The van der Waals surface area contributed by atoms with Gasteiger partial charge in [-0.2, -0.15) is 0 Å². The normalized spacial score (nSPS) is 11.7. The summed E-state index contributed by atoms with van der Waals surface area (Å²) >= 11 is 1.19. The van der Waals surface area contributed by atoms with E-state index in [0.29, 0.717) is 34.5 Å². The Balaban J connectivity index is 2.13. The van der Waals surface area contributed by atoms with Crippen molar-refractivity contribution in [2.24, 2.45) is 0 Å². The topological polar surface area (TPSA) is 93.3 Å². The van der Waals surface area contributed by atoms with E-state index in [1.165, 1.54) is 24.9 Å². The zero-order chi connectivity index (χ0) is 18.4. The third kappa shape index (κ3) is 4.99. The van der Waals surface area contributed by atoms with Gasteiger partial charge in [0.2, 0.25) is 5.91 Å². The van der Waals surface area contributed by atoms with E-state index in [1.807, 2.05) is 6.92 Å². The van der Waals surface area contributed by atoms with Crippen molar-refractivity contribution in [3.63, 3.8) is 0 Å². The standard InChI is InChI=1S/C17H21N3O4S/c1-5-11-8-15(21)20-17(18-11)25-10(2)16(22)19-13-9-12(23-3)6-7-14(13)24-4/h6-10H,5H2,1-4H3,(H,19,22)(H,18,20,21). The Kier molecular flexibility index (Phi) is 6.46. The number of carbonyl (C=O) groups excluding carboxylic acids is 1. The molecule has 1 unspecified atom stereocenters. The number of rotatable bonds is 7. The number of aromatic nitrogens is 2. The lowest BCUT2D eigenvalue weighted by Gasteiger charge is -2.15. The molecule has 2 aromatic rings. The Hall–Kier alpha value is -2.48. The molecule has 134 valence electrons. The summed E-state index contributed by atoms with van der Waals surface area (Å²) in [6, 6.07) is 6.61. The molecule has 0 saturated carbocycles. The Morgan fingerprint density at radius 2 is 2.08 bits per heavy atom. The van der Waals surface area contributed by atoms with Crippen LogP contribution in [0.1, 0.15) is 19.5 Å². The molecule has 7 nitrogen and oxygen atoms in total. The van der Waals surface area contributed by atoms with E-state index in [9.17, 15) is 9.59 Å². The molecule has 0 bridgehead atoms. The molecule has 0 radical (unpaired) electrons. The van der Waals surface area contributed by atoms with Gasteiger partial charge < -0.3 is 19.8 Å². The van der Waals surface area contributed by atoms with Crippen LogP contribution in [0.2, 0.25) is 0 Å². The number of hydrogen-bond acceptors (Lipinski definition) is 6. The maximum Gasteiger partial charge on any atom is 0.251 e. The summed E-state index contributed by atoms with van der Waals surface area (Å²) in [6.45, 7) is 3.66. The van der Waals surface area contributed by atoms with E-state index in [2.05, 4.69) is 15.3 Å². The van der Waals surface area contributed by atoms with Crippen molar-refractivity contribution >= 4 is 23.4 Å². The molecule has 0 spiro atoms. The van der Waals surface area contributed by atoms with Gasteiger partial charge in [0, 0.05) is 17.8 Å². The Morgan fingerprint density at radius 1 is 1.32 bits per heavy atom. The number of nitrogens with zero attached hydrogens (tertiary/aromatic N) is 1. The second-order valence-corrected chi connectivity index (χ2v) is 6.54. The SMILES string of the molecule is CCc1cc(=O)[nH]c(SC(C)C(=O)Nc2cc(OC)ccc2OC)n1. The van der Waals surface area contributed by atoms with Crippen LogP contribution in [0.15, 0.2) is 34.2 Å². The van der Waals surface area contributed by atoms with E-state index in [0.717, 1.165) is 0 Å². The lowest BCUT2D eigenvalue weighted by Crippen LogP contribution is -2.23. The van der Waals surface area contributed by atoms with Crippen molar-refractivity contribution in [3.05, 3.63) is 40.3 Å². The number of thioether (sulfide) groups is 1. The van der Waals surface area contributed by atoms with E-state index in [-0.39, 0.29) is 11.5 Å². The van der Waals surface area contributed by atoms with Gasteiger partial charge in [-0.15, -0.1) is 0 Å². The van der Waals surface area contributed by atoms with Gasteiger partial charge >= 0.3 is 0 Å². The maximum absolute atomic E-state index is 12.5. The van der Waals surface area contributed by atoms with Crippen LogP contribution in [0, 0.1) is 0 Å². The van der Waals surface area contributed by atoms with Gasteiger partial charge in [-0.25, -0.2) is 4.98 Å². The number of carbonyl (C=O) groups is 1. The highest BCUT2D eigenvalue weighted by Gasteiger charge is 2.18. The maximum atomic E-state index is 12.5. The van der Waals surface area contributed by atoms with Gasteiger partial charge in [0.25, 0.3) is 5.56 Å². The lowest BCUT2D eigenvalue weighted by molar-refractivity contribution is -0.115. The molecule has 1 atom stereocenters. The molecule has 2 rings (SSSR count). The fourth-order valence-corrected chi connectivity index (χ4v) is 2.92. The van der Waals surface area contributed by atoms with Crippen LogP contribution in [-0.2, 0) is 11.2 Å². The van der Waals surface area contributed by atoms with Gasteiger partial charge in [-0.05, 0) is 25.5 Å². The number of anilines is 1. The number of aryl methyl sites for hydroxylation is 1. The third-order valence-corrected chi connectivity index (χ3v) is 4.44. The third-order valence-electron chi connectivity index (χ3n) is 3.46. The highest BCUT2D eigenvalue weighted by Crippen LogP contribution is 2.30. The quantitative estimate of drug-likeness (QED) is 0.580. The number of amides is 1. The van der Waals surface area contributed by atoms with Crippen LogP contribution in [0.4, 0.5) is 5.69 Å². The second kappa shape index (κ2) is 8.57. The first-order valence-corrected chi connectivity index (χ1v) is 8.64. The van der Waals surface area contributed by atoms with Gasteiger partial charge in [0.1, 0.15) is 11.5 Å². The molecule has 0 aliphatic heterocycles. The predicted molar refractivity (Wildman–Crippen MR) is 97.7 cm³/mol. The second-order valence-electron chi connectivity index (χ2n) is 5.21. The Bertz CT molecular complexity index is 807. The lowest BCUT2D eigenvalue weighted by atomic mass is 10.2. The minimum absolute atomic E-state index is 0.226. The van der Waals surface area contributed by atoms with Gasteiger partial charge in [-0.1, -0.05) is 18.7 Å². The molecule has 1 aromatic heterocycles. The fraction of sp³-hybridized carbons (Fsp3) is 0.353. The minimum atomic E-state index is -0.467. The van der Waals surface area contributed by atoms with Crippen LogP contribution in [0.25, 0.3) is 0 Å². The van der Waals surface area contributed by atoms with Crippen molar-refractivity contribution in [2.75, 3.05) is 19.5 Å². The molecule has 1 aromatic carbocycles. The van der Waals surface area contributed by atoms with Crippen molar-refractivity contribution in [3.8, 4) is 11.5 Å². The van der Waals surface area contributed by atoms with E-state index in [4.69, 9.17) is 9.47 Å². The number of methoxy groups -OCH3 is 2. The smallest absolute Gasteiger partial charge is 0.251 e. The summed E-state index contributed by atoms with van der Waals surface area (Å²) in [5, 5.41) is 2.77. The number of hydrogen-bond donors (Lipinski definition) is 2. The summed E-state index contributed by atoms with van der Waals surface area (Å²) in [6.07, 6.45) is 0.652. The van der Waals surface area contributed by atoms with Crippen LogP contribution in [0.5, 0.6) is 11.5 Å². The summed E-state index contributed by atoms with van der Waals surface area (Å²) in [7, 11) is 3.08. The number of nitrogens with one attached hydrogen (secondary N) is 2. The number of aromatic amines is 1. The average molecular weight is 363 g/mol. The summed E-state index contributed by atoms with van der Waals surface area (Å²) < 4.78 is 10.4. The van der Waals surface area contributed by atoms with Crippen LogP contribution in [0.3, 0.4) is 0 Å². The minimum Gasteiger partial charge on any atom is -0.497 e. The molecule has 0 saturated heterocycles. The number of benzene rings is 1. The van der Waals surface area contributed by atoms with E-state index >= 15 is 0 Å². The monoisotopic (exact) mass is 363 g/mol. The van der Waals surface area contributed by atoms with E-state index in [1.54, 1.807) is 32.2 Å². The molecule has 1 heterocycles. The molecule has 25 heavy (non-hydrogen) atoms. The highest BCUT2D eigenvalue weighted by atomic mass is 32.2. The average Bonchev–Trinajstić information content (AvgIpc) is 2.60. The zero-order valence-electron chi connectivity index (χ0n) is 14.6. The number of ether oxygens (including phenoxy) is 2. The highest BCUT2D eigenvalue weighted by molar-refractivity contribution is 8.00. The van der Waals surface area contributed by atoms with E-state index < -0.39 is 5.25 Å². The Labute approximate surface area is 150 Å². The molecular formula is C17H21N3O4S. The molecule has 2 N–H and O–H groups in total. The molecule has 1 amide bonds. The van der Waals surface area contributed by atoms with Crippen LogP contribution >= 0.6 is 11.8 Å². The first-order valence-electron chi connectivity index (χ1n) is 7.76. The molecule has 0 aliphatic rings. The van der Waals surface area contributed by atoms with Gasteiger partial charge in [0.05, 0.1) is 25.2 Å². The van der Waals surface area contributed by atoms with Crippen molar-refractivity contribution in [1.29, 1.82) is 0 Å². The van der Waals surface area contributed by atoms with Crippen molar-refractivity contribution in [2.45, 2.75) is 30.7 Å². The Morgan fingerprint density at radius 3 is 2.72 bits per heavy atom. The summed E-state index contributed by atoms with van der Waals surface area (Å²) in [5.41, 5.74) is 0.979. The molecule has 8 heteroatoms. The first-order chi connectivity index (χ1) is 12.0. The van der Waals surface area contributed by atoms with Gasteiger partial charge in [-0.3, -0.25) is 9.59 Å². The number of H-pyrrole nitrogens is 1. The molecular weight excluding hydrogens is 342 g/mol. The molecule has 0 fully saturated rings. The fourth-order valence-electron chi connectivity index (χ4n) is 2.09. The zero-order valence-corrected chi connectivity index (χ0v) is 15.4. The molecule has 0 aliphatic carbocycles. The van der Waals surface area contributed by atoms with Crippen molar-refractivity contribution in [1.82, 2.24) is 9.97 Å². The van der Waals surface area contributed by atoms with Gasteiger partial charge in [0.15, 0.2) is 5.16 Å². The summed E-state index contributed by atoms with van der Waals surface area (Å²) in [4.78, 5) is 31.1. The van der Waals surface area contributed by atoms with Crippen molar-refractivity contribution < 1.29 is 14.3 Å².